The number of hydrogen-bond donors (Lipinski definition) is 0. The van der Waals surface area contributed by atoms with Gasteiger partial charge in [-0.25, -0.2) is 0 Å². The molecular weight excluding hydrogens is 423 g/mol. The van der Waals surface area contributed by atoms with Gasteiger partial charge in [-0.1, -0.05) is 0 Å². The van der Waals surface area contributed by atoms with E-state index in [4.69, 9.17) is 0 Å². The van der Waals surface area contributed by atoms with Crippen molar-refractivity contribution < 1.29 is 9.59 Å². The van der Waals surface area contributed by atoms with Crippen molar-refractivity contribution in [2.75, 3.05) is 0 Å². The van der Waals surface area contributed by atoms with Crippen molar-refractivity contribution in [3.63, 3.8) is 0 Å². The van der Waals surface area contributed by atoms with E-state index >= 15 is 0 Å². The van der Waals surface area contributed by atoms with Crippen LogP contribution in [0.15, 0.2) is 60.7 Å². The van der Waals surface area contributed by atoms with Gasteiger partial charge < -0.3 is 0 Å². The Labute approximate surface area is 147 Å². The molecule has 0 aliphatic heterocycles. The molecule has 0 spiro atoms. The van der Waals surface area contributed by atoms with Crippen LogP contribution >= 0.6 is 24.8 Å². The first-order chi connectivity index (χ1) is 9.27. The predicted octanol–water partition coefficient (Wildman–Crippen LogP) is 4.14. The summed E-state index contributed by atoms with van der Waals surface area (Å²) in [6.07, 6.45) is 0. The van der Waals surface area contributed by atoms with Crippen LogP contribution in [0.4, 0.5) is 0 Å². The Morgan fingerprint density at radius 2 is 1.00 bits per heavy atom. The van der Waals surface area contributed by atoms with E-state index in [1.54, 1.807) is 0 Å². The molecule has 21 heavy (non-hydrogen) atoms. The van der Waals surface area contributed by atoms with E-state index < -0.39 is 20.9 Å². The first-order valence-corrected chi connectivity index (χ1v) is 9.31. The van der Waals surface area contributed by atoms with Crippen LogP contribution in [0.2, 0.25) is 8.94 Å². The fourth-order valence-corrected chi connectivity index (χ4v) is 3.95. The molecule has 0 aliphatic rings. The Hall–Kier alpha value is -0.850. The van der Waals surface area contributed by atoms with E-state index in [2.05, 4.69) is 0 Å². The van der Waals surface area contributed by atoms with E-state index in [0.717, 1.165) is 11.1 Å². The number of benzene rings is 2. The van der Waals surface area contributed by atoms with Gasteiger partial charge >= 0.3 is 123 Å². The summed E-state index contributed by atoms with van der Waals surface area (Å²) < 4.78 is 1.10. The van der Waals surface area contributed by atoms with Crippen LogP contribution in [0.25, 0.3) is 0 Å². The van der Waals surface area contributed by atoms with Crippen molar-refractivity contribution in [2.24, 2.45) is 0 Å². The molecule has 5 heteroatoms. The maximum atomic E-state index is 11.9. The minimum absolute atomic E-state index is 0. The van der Waals surface area contributed by atoms with Crippen LogP contribution < -0.4 is 0 Å². The summed E-state index contributed by atoms with van der Waals surface area (Å²) in [5.41, 5.74) is 1.50. The van der Waals surface area contributed by atoms with Crippen LogP contribution in [0.3, 0.4) is 0 Å². The summed E-state index contributed by atoms with van der Waals surface area (Å²) in [4.78, 5) is 23.8. The second kappa shape index (κ2) is 10.8. The van der Waals surface area contributed by atoms with Crippen LogP contribution in [0.5, 0.6) is 0 Å². The molecule has 0 saturated carbocycles. The van der Waals surface area contributed by atoms with Gasteiger partial charge in [0, 0.05) is 0 Å². The van der Waals surface area contributed by atoms with E-state index in [9.17, 15) is 9.59 Å². The quantitative estimate of drug-likeness (QED) is 0.502. The molecule has 111 valence electrons. The standard InChI is InChI=1S/C16H14O2Te.2ClH/c17-15(13-7-3-1-4-8-13)11-19-12-16(18)14-9-5-2-6-10-14;;/h1-10H,11-12H2;2*1H/q+1;;. The minimum atomic E-state index is -0.589. The van der Waals surface area contributed by atoms with Gasteiger partial charge in [-0.05, 0) is 0 Å². The summed E-state index contributed by atoms with van der Waals surface area (Å²) in [5.74, 6) is 0.313. The van der Waals surface area contributed by atoms with E-state index in [-0.39, 0.29) is 36.4 Å². The molecule has 0 amide bonds. The van der Waals surface area contributed by atoms with Gasteiger partial charge in [0.05, 0.1) is 0 Å². The molecule has 0 unspecified atom stereocenters. The maximum absolute atomic E-state index is 11.9. The SMILES string of the molecule is Cl.Cl.O=C(C[Te+]CC(=O)c1ccccc1)c1ccccc1. The molecule has 0 aromatic heterocycles. The number of halogens is 2. The van der Waals surface area contributed by atoms with Crippen LogP contribution in [0, 0.1) is 0 Å². The van der Waals surface area contributed by atoms with Crippen molar-refractivity contribution in [2.45, 2.75) is 8.94 Å². The summed E-state index contributed by atoms with van der Waals surface area (Å²) in [6.45, 7) is 0. The Bertz CT molecular complexity index is 508. The molecule has 0 fully saturated rings. The zero-order valence-electron chi connectivity index (χ0n) is 11.2. The summed E-state index contributed by atoms with van der Waals surface area (Å²) in [6, 6.07) is 18.6. The van der Waals surface area contributed by atoms with E-state index in [0.29, 0.717) is 8.94 Å². The van der Waals surface area contributed by atoms with Crippen molar-refractivity contribution in [1.82, 2.24) is 0 Å². The zero-order valence-corrected chi connectivity index (χ0v) is 15.2. The first-order valence-electron chi connectivity index (χ1n) is 6.01. The predicted molar refractivity (Wildman–Crippen MR) is 91.4 cm³/mol. The van der Waals surface area contributed by atoms with Gasteiger partial charge in [0.15, 0.2) is 0 Å². The van der Waals surface area contributed by atoms with Crippen molar-refractivity contribution in [3.05, 3.63) is 71.8 Å². The van der Waals surface area contributed by atoms with Crippen LogP contribution in [0.1, 0.15) is 20.7 Å². The zero-order chi connectivity index (χ0) is 13.5. The third-order valence-electron chi connectivity index (χ3n) is 2.66. The molecular formula is C16H16Cl2O2Te+. The number of hydrogen-bond acceptors (Lipinski definition) is 2. The molecule has 2 aromatic carbocycles. The van der Waals surface area contributed by atoms with E-state index in [1.807, 2.05) is 60.7 Å². The number of ketones is 2. The fourth-order valence-electron chi connectivity index (χ4n) is 1.65. The van der Waals surface area contributed by atoms with Gasteiger partial charge in [0.25, 0.3) is 0 Å². The second-order valence-electron chi connectivity index (χ2n) is 4.07. The second-order valence-corrected chi connectivity index (χ2v) is 6.88. The van der Waals surface area contributed by atoms with Crippen molar-refractivity contribution >= 4 is 57.3 Å². The van der Waals surface area contributed by atoms with Crippen molar-refractivity contribution in [1.29, 1.82) is 0 Å². The summed E-state index contributed by atoms with van der Waals surface area (Å²) in [7, 11) is 0. The van der Waals surface area contributed by atoms with Gasteiger partial charge in [0.1, 0.15) is 0 Å². The molecule has 0 saturated heterocycles. The monoisotopic (exact) mass is 440 g/mol. The van der Waals surface area contributed by atoms with Gasteiger partial charge in [-0.15, -0.1) is 24.8 Å². The molecule has 2 aromatic rings. The molecule has 1 radical (unpaired) electrons. The number of Topliss-reactive ketones (excluding diaryl/α,β-unsaturated/α-hetero) is 2. The summed E-state index contributed by atoms with van der Waals surface area (Å²) in [5, 5.41) is 0. The van der Waals surface area contributed by atoms with Gasteiger partial charge in [0.2, 0.25) is 0 Å². The Kier molecular flexibility index (Phi) is 10.4. The molecule has 0 aliphatic carbocycles. The Morgan fingerprint density at radius 3 is 1.33 bits per heavy atom. The first kappa shape index (κ1) is 20.1. The molecule has 0 N–H and O–H groups in total. The number of carbonyl (C=O) groups excluding carboxylic acids is 2. The van der Waals surface area contributed by atoms with Crippen molar-refractivity contribution in [3.8, 4) is 0 Å². The molecule has 0 heterocycles. The third-order valence-corrected chi connectivity index (χ3v) is 5.32. The normalized spacial score (nSPS) is 9.14. The van der Waals surface area contributed by atoms with Crippen LogP contribution in [-0.2, 0) is 0 Å². The molecule has 2 nitrogen and oxygen atoms in total. The number of carbonyl (C=O) groups is 2. The topological polar surface area (TPSA) is 34.1 Å². The number of rotatable bonds is 6. The third kappa shape index (κ3) is 6.63. The van der Waals surface area contributed by atoms with Gasteiger partial charge in [-0.2, -0.15) is 0 Å². The van der Waals surface area contributed by atoms with E-state index in [1.165, 1.54) is 0 Å². The average Bonchev–Trinajstić information content (AvgIpc) is 2.49. The average molecular weight is 439 g/mol. The Morgan fingerprint density at radius 1 is 0.667 bits per heavy atom. The van der Waals surface area contributed by atoms with Crippen LogP contribution in [-0.4, -0.2) is 32.5 Å². The molecule has 0 atom stereocenters. The fraction of sp³-hybridized carbons (Fsp3) is 0.125. The molecule has 0 bridgehead atoms. The Balaban J connectivity index is 0.00000200. The van der Waals surface area contributed by atoms with Gasteiger partial charge in [-0.3, -0.25) is 0 Å². The molecule has 2 rings (SSSR count). The summed E-state index contributed by atoms with van der Waals surface area (Å²) >= 11 is -0.589.